The minimum Gasteiger partial charge on any atom is -0.486 e. The van der Waals surface area contributed by atoms with Gasteiger partial charge < -0.3 is 14.8 Å². The summed E-state index contributed by atoms with van der Waals surface area (Å²) in [6.07, 6.45) is 0.587. The highest BCUT2D eigenvalue weighted by Gasteiger charge is 2.21. The Kier molecular flexibility index (Phi) is 6.13. The van der Waals surface area contributed by atoms with Crippen molar-refractivity contribution < 1.29 is 22.8 Å². The molecule has 3 aromatic rings. The maximum absolute atomic E-state index is 12.6. The van der Waals surface area contributed by atoms with Gasteiger partial charge in [-0.3, -0.25) is 14.8 Å². The molecule has 2 N–H and O–H groups in total. The van der Waals surface area contributed by atoms with Crippen LogP contribution in [-0.2, 0) is 16.4 Å². The van der Waals surface area contributed by atoms with Crippen LogP contribution in [0.3, 0.4) is 0 Å². The van der Waals surface area contributed by atoms with Crippen molar-refractivity contribution in [3.8, 4) is 11.5 Å². The Balaban J connectivity index is 1.47. The lowest BCUT2D eigenvalue weighted by Crippen LogP contribution is -2.15. The number of benzene rings is 3. The van der Waals surface area contributed by atoms with Crippen LogP contribution in [0.4, 0.5) is 17.1 Å². The molecule has 1 aliphatic heterocycles. The second kappa shape index (κ2) is 9.15. The van der Waals surface area contributed by atoms with Gasteiger partial charge in [-0.2, -0.15) is 0 Å². The van der Waals surface area contributed by atoms with E-state index in [1.54, 1.807) is 30.3 Å². The molecule has 32 heavy (non-hydrogen) atoms. The van der Waals surface area contributed by atoms with Gasteiger partial charge in [0.15, 0.2) is 11.5 Å². The van der Waals surface area contributed by atoms with Crippen LogP contribution in [0.5, 0.6) is 11.5 Å². The fraction of sp³-hybridized carbons (Fsp3) is 0.182. The van der Waals surface area contributed by atoms with E-state index in [1.165, 1.54) is 12.1 Å². The second-order valence-corrected chi connectivity index (χ2v) is 8.74. The van der Waals surface area contributed by atoms with Crippen molar-refractivity contribution in [1.29, 1.82) is 0 Å². The van der Waals surface area contributed by atoms with Gasteiger partial charge in [0.2, 0.25) is 0 Å². The third kappa shape index (κ3) is 4.92. The Labute approximate surface area is 185 Å². The first-order chi connectivity index (χ1) is 15.4. The molecule has 4 rings (SSSR count). The van der Waals surface area contributed by atoms with E-state index in [9.17, 15) is 18.5 Å². The number of hydrogen-bond donors (Lipinski definition) is 2. The first-order valence-corrected chi connectivity index (χ1v) is 11.4. The van der Waals surface area contributed by atoms with Gasteiger partial charge in [-0.05, 0) is 48.4 Å². The highest BCUT2D eigenvalue weighted by Crippen LogP contribution is 2.31. The van der Waals surface area contributed by atoms with Crippen LogP contribution in [0.2, 0.25) is 0 Å². The number of fused-ring (bicyclic) bond motifs is 1. The van der Waals surface area contributed by atoms with E-state index in [0.717, 1.165) is 11.6 Å². The average Bonchev–Trinajstić information content (AvgIpc) is 2.79. The summed E-state index contributed by atoms with van der Waals surface area (Å²) in [5.41, 5.74) is 1.28. The van der Waals surface area contributed by atoms with Crippen LogP contribution in [0.15, 0.2) is 71.6 Å². The summed E-state index contributed by atoms with van der Waals surface area (Å²) in [5, 5.41) is 14.6. The molecule has 0 spiro atoms. The van der Waals surface area contributed by atoms with Crippen molar-refractivity contribution in [2.45, 2.75) is 11.3 Å². The predicted molar refractivity (Wildman–Crippen MR) is 120 cm³/mol. The van der Waals surface area contributed by atoms with E-state index in [2.05, 4.69) is 10.0 Å². The normalized spacial score (nSPS) is 12.8. The number of ether oxygens (including phenoxy) is 2. The molecule has 1 heterocycles. The number of rotatable bonds is 8. The van der Waals surface area contributed by atoms with Crippen molar-refractivity contribution in [3.05, 3.63) is 82.4 Å². The molecule has 9 nitrogen and oxygen atoms in total. The first-order valence-electron chi connectivity index (χ1n) is 9.91. The van der Waals surface area contributed by atoms with Crippen LogP contribution < -0.4 is 19.5 Å². The molecule has 0 unspecified atom stereocenters. The highest BCUT2D eigenvalue weighted by atomic mass is 32.2. The summed E-state index contributed by atoms with van der Waals surface area (Å²) in [6.45, 7) is 1.42. The van der Waals surface area contributed by atoms with Crippen LogP contribution in [0.1, 0.15) is 5.56 Å². The van der Waals surface area contributed by atoms with Gasteiger partial charge in [-0.25, -0.2) is 8.42 Å². The van der Waals surface area contributed by atoms with Gasteiger partial charge in [0.1, 0.15) is 18.9 Å². The van der Waals surface area contributed by atoms with Gasteiger partial charge in [-0.15, -0.1) is 0 Å². The molecule has 0 aromatic heterocycles. The number of nitrogens with one attached hydrogen (secondary N) is 2. The number of nitrogens with zero attached hydrogens (tertiary/aromatic N) is 1. The number of anilines is 2. The first kappa shape index (κ1) is 21.4. The third-order valence-corrected chi connectivity index (χ3v) is 6.22. The van der Waals surface area contributed by atoms with Crippen molar-refractivity contribution in [2.75, 3.05) is 29.8 Å². The lowest BCUT2D eigenvalue weighted by atomic mass is 10.1. The van der Waals surface area contributed by atoms with E-state index in [-0.39, 0.29) is 16.3 Å². The monoisotopic (exact) mass is 455 g/mol. The van der Waals surface area contributed by atoms with Gasteiger partial charge in [0.05, 0.1) is 9.82 Å². The second-order valence-electron chi connectivity index (χ2n) is 7.06. The van der Waals surface area contributed by atoms with E-state index in [0.29, 0.717) is 43.4 Å². The lowest BCUT2D eigenvalue weighted by Gasteiger charge is -2.19. The molecule has 0 aliphatic carbocycles. The standard InChI is InChI=1S/C22H21N3O6S/c26-25(27)20-15-18(32(28,29)24-17-4-2-1-3-5-17)7-8-19(20)23-11-10-16-6-9-21-22(14-16)31-13-12-30-21/h1-9,14-15,23-24H,10-13H2. The number of nitro groups is 1. The number of nitro benzene ring substituents is 1. The molecule has 0 saturated heterocycles. The van der Waals surface area contributed by atoms with E-state index in [4.69, 9.17) is 9.47 Å². The third-order valence-electron chi connectivity index (χ3n) is 4.84. The molecule has 0 bridgehead atoms. The topological polar surface area (TPSA) is 120 Å². The SMILES string of the molecule is O=[N+]([O-])c1cc(S(=O)(=O)Nc2ccccc2)ccc1NCCc1ccc2c(c1)OCCO2. The zero-order chi connectivity index (χ0) is 22.6. The summed E-state index contributed by atoms with van der Waals surface area (Å²) in [4.78, 5) is 10.8. The van der Waals surface area contributed by atoms with Crippen LogP contribution in [-0.4, -0.2) is 33.1 Å². The Morgan fingerprint density at radius 2 is 1.69 bits per heavy atom. The molecular weight excluding hydrogens is 434 g/mol. The molecular formula is C22H21N3O6S. The lowest BCUT2D eigenvalue weighted by molar-refractivity contribution is -0.384. The summed E-state index contributed by atoms with van der Waals surface area (Å²) < 4.78 is 38.7. The maximum atomic E-state index is 12.6. The summed E-state index contributed by atoms with van der Waals surface area (Å²) in [7, 11) is -3.97. The van der Waals surface area contributed by atoms with Crippen LogP contribution in [0, 0.1) is 10.1 Å². The van der Waals surface area contributed by atoms with Crippen LogP contribution in [0.25, 0.3) is 0 Å². The zero-order valence-electron chi connectivity index (χ0n) is 17.0. The summed E-state index contributed by atoms with van der Waals surface area (Å²) in [5.74, 6) is 1.38. The van der Waals surface area contributed by atoms with Crippen LogP contribution >= 0.6 is 0 Å². The summed E-state index contributed by atoms with van der Waals surface area (Å²) >= 11 is 0. The molecule has 0 radical (unpaired) electrons. The number of para-hydroxylation sites is 1. The Morgan fingerprint density at radius 3 is 2.44 bits per heavy atom. The van der Waals surface area contributed by atoms with Crippen molar-refractivity contribution in [1.82, 2.24) is 0 Å². The van der Waals surface area contributed by atoms with Crippen molar-refractivity contribution >= 4 is 27.1 Å². The Morgan fingerprint density at radius 1 is 0.938 bits per heavy atom. The average molecular weight is 455 g/mol. The van der Waals surface area contributed by atoms with E-state index in [1.807, 2.05) is 18.2 Å². The minimum atomic E-state index is -3.97. The highest BCUT2D eigenvalue weighted by molar-refractivity contribution is 7.92. The van der Waals surface area contributed by atoms with Crippen molar-refractivity contribution in [3.63, 3.8) is 0 Å². The fourth-order valence-electron chi connectivity index (χ4n) is 3.28. The van der Waals surface area contributed by atoms with Gasteiger partial charge in [0, 0.05) is 18.3 Å². The van der Waals surface area contributed by atoms with Gasteiger partial charge in [0.25, 0.3) is 15.7 Å². The zero-order valence-corrected chi connectivity index (χ0v) is 17.8. The fourth-order valence-corrected chi connectivity index (χ4v) is 4.36. The molecule has 0 atom stereocenters. The molecule has 166 valence electrons. The van der Waals surface area contributed by atoms with E-state index >= 15 is 0 Å². The molecule has 3 aromatic carbocycles. The molecule has 10 heteroatoms. The Hall–Kier alpha value is -3.79. The predicted octanol–water partition coefficient (Wildman–Crippen LogP) is 3.82. The van der Waals surface area contributed by atoms with Crippen molar-refractivity contribution in [2.24, 2.45) is 0 Å². The smallest absolute Gasteiger partial charge is 0.293 e. The summed E-state index contributed by atoms with van der Waals surface area (Å²) in [6, 6.07) is 17.8. The molecule has 0 fully saturated rings. The minimum absolute atomic E-state index is 0.189. The van der Waals surface area contributed by atoms with Gasteiger partial charge in [-0.1, -0.05) is 24.3 Å². The molecule has 0 saturated carbocycles. The molecule has 0 amide bonds. The number of sulfonamides is 1. The largest absolute Gasteiger partial charge is 0.486 e. The molecule has 1 aliphatic rings. The quantitative estimate of drug-likeness (QED) is 0.391. The van der Waals surface area contributed by atoms with Gasteiger partial charge >= 0.3 is 0 Å². The maximum Gasteiger partial charge on any atom is 0.293 e. The van der Waals surface area contributed by atoms with E-state index < -0.39 is 14.9 Å². The Bertz CT molecular complexity index is 1230. The number of hydrogen-bond acceptors (Lipinski definition) is 7.